The summed E-state index contributed by atoms with van der Waals surface area (Å²) in [5.41, 5.74) is 2.29. The largest absolute Gasteiger partial charge is 0.378 e. The van der Waals surface area contributed by atoms with Gasteiger partial charge in [-0.2, -0.15) is 0 Å². The number of pyridine rings is 2. The molecular formula is C17H22N4O. The van der Waals surface area contributed by atoms with Crippen molar-refractivity contribution in [2.24, 2.45) is 0 Å². The highest BCUT2D eigenvalue weighted by molar-refractivity contribution is 5.83. The fourth-order valence-corrected chi connectivity index (χ4v) is 3.45. The van der Waals surface area contributed by atoms with Gasteiger partial charge in [-0.25, -0.2) is 4.98 Å². The van der Waals surface area contributed by atoms with Gasteiger partial charge in [-0.1, -0.05) is 0 Å². The molecule has 1 N–H and O–H groups in total. The third-order valence-electron chi connectivity index (χ3n) is 4.68. The number of anilines is 1. The van der Waals surface area contributed by atoms with Crippen molar-refractivity contribution in [3.63, 3.8) is 0 Å². The molecule has 2 saturated heterocycles. The summed E-state index contributed by atoms with van der Waals surface area (Å²) in [7, 11) is 0. The number of piperidine rings is 1. The number of fused-ring (bicyclic) bond motifs is 1. The third kappa shape index (κ3) is 2.66. The van der Waals surface area contributed by atoms with E-state index in [1.807, 2.05) is 12.3 Å². The van der Waals surface area contributed by atoms with Crippen LogP contribution < -0.4 is 10.2 Å². The number of nitrogens with one attached hydrogen (secondary N) is 1. The summed E-state index contributed by atoms with van der Waals surface area (Å²) in [6.45, 7) is 5.55. The Balaban J connectivity index is 1.78. The highest BCUT2D eigenvalue weighted by Crippen LogP contribution is 2.31. The van der Waals surface area contributed by atoms with Gasteiger partial charge in [0.25, 0.3) is 0 Å². The van der Waals surface area contributed by atoms with Gasteiger partial charge in [-0.05, 0) is 38.1 Å². The Kier molecular flexibility index (Phi) is 3.91. The molecule has 5 nitrogen and oxygen atoms in total. The number of morpholine rings is 1. The van der Waals surface area contributed by atoms with Crippen molar-refractivity contribution in [3.8, 4) is 0 Å². The lowest BCUT2D eigenvalue weighted by molar-refractivity contribution is 0.122. The monoisotopic (exact) mass is 298 g/mol. The molecular weight excluding hydrogens is 276 g/mol. The molecule has 0 amide bonds. The molecule has 2 aromatic rings. The Morgan fingerprint density at radius 1 is 1.18 bits per heavy atom. The zero-order chi connectivity index (χ0) is 14.8. The molecule has 0 aliphatic carbocycles. The second kappa shape index (κ2) is 6.18. The van der Waals surface area contributed by atoms with Gasteiger partial charge in [0, 0.05) is 36.7 Å². The maximum absolute atomic E-state index is 5.46. The molecule has 4 rings (SSSR count). The van der Waals surface area contributed by atoms with Crippen LogP contribution in [0.2, 0.25) is 0 Å². The molecule has 0 atom stereocenters. The van der Waals surface area contributed by atoms with E-state index in [1.165, 1.54) is 11.1 Å². The highest BCUT2D eigenvalue weighted by atomic mass is 16.5. The van der Waals surface area contributed by atoms with Crippen LogP contribution in [0.3, 0.4) is 0 Å². The average Bonchev–Trinajstić information content (AvgIpc) is 2.62. The summed E-state index contributed by atoms with van der Waals surface area (Å²) in [4.78, 5) is 12.0. The summed E-state index contributed by atoms with van der Waals surface area (Å²) >= 11 is 0. The SMILES string of the molecule is c1cnc2cc(N3CCOCC3)nc(C3CCNCC3)c2c1. The standard InChI is InChI=1S/C17H22N4O/c1-2-14-15(19-5-1)12-16(21-8-10-22-11-9-21)20-17(14)13-3-6-18-7-4-13/h1-2,5,12-13,18H,3-4,6-11H2. The van der Waals surface area contributed by atoms with E-state index >= 15 is 0 Å². The van der Waals surface area contributed by atoms with Crippen LogP contribution in [0.4, 0.5) is 5.82 Å². The fraction of sp³-hybridized carbons (Fsp3) is 0.529. The van der Waals surface area contributed by atoms with Crippen LogP contribution in [0.15, 0.2) is 24.4 Å². The van der Waals surface area contributed by atoms with E-state index in [0.29, 0.717) is 5.92 Å². The van der Waals surface area contributed by atoms with Crippen LogP contribution in [0.25, 0.3) is 10.9 Å². The maximum atomic E-state index is 5.46. The van der Waals surface area contributed by atoms with Crippen LogP contribution in [0, 0.1) is 0 Å². The first-order chi connectivity index (χ1) is 10.9. The first kappa shape index (κ1) is 13.9. The molecule has 4 heterocycles. The Morgan fingerprint density at radius 3 is 2.82 bits per heavy atom. The third-order valence-corrected chi connectivity index (χ3v) is 4.68. The molecule has 22 heavy (non-hydrogen) atoms. The normalized spacial score (nSPS) is 20.5. The Labute approximate surface area is 130 Å². The molecule has 2 aliphatic heterocycles. The molecule has 0 bridgehead atoms. The minimum atomic E-state index is 0.536. The van der Waals surface area contributed by atoms with Crippen molar-refractivity contribution in [2.45, 2.75) is 18.8 Å². The minimum absolute atomic E-state index is 0.536. The number of rotatable bonds is 2. The number of hydrogen-bond donors (Lipinski definition) is 1. The second-order valence-electron chi connectivity index (χ2n) is 6.06. The Bertz CT molecular complexity index is 648. The van der Waals surface area contributed by atoms with Crippen molar-refractivity contribution in [1.82, 2.24) is 15.3 Å². The zero-order valence-corrected chi connectivity index (χ0v) is 12.8. The molecule has 0 aromatic carbocycles. The summed E-state index contributed by atoms with van der Waals surface area (Å²) in [5.74, 6) is 1.59. The summed E-state index contributed by atoms with van der Waals surface area (Å²) in [6.07, 6.45) is 4.19. The van der Waals surface area contributed by atoms with E-state index in [2.05, 4.69) is 27.3 Å². The van der Waals surface area contributed by atoms with Crippen LogP contribution in [0.5, 0.6) is 0 Å². The smallest absolute Gasteiger partial charge is 0.131 e. The van der Waals surface area contributed by atoms with Gasteiger partial charge in [0.15, 0.2) is 0 Å². The average molecular weight is 298 g/mol. The van der Waals surface area contributed by atoms with E-state index < -0.39 is 0 Å². The lowest BCUT2D eigenvalue weighted by atomic mass is 9.92. The fourth-order valence-electron chi connectivity index (χ4n) is 3.45. The number of ether oxygens (including phenoxy) is 1. The van der Waals surface area contributed by atoms with Gasteiger partial charge in [-0.15, -0.1) is 0 Å². The van der Waals surface area contributed by atoms with Gasteiger partial charge in [0.05, 0.1) is 24.4 Å². The Morgan fingerprint density at radius 2 is 2.00 bits per heavy atom. The molecule has 0 unspecified atom stereocenters. The van der Waals surface area contributed by atoms with Gasteiger partial charge < -0.3 is 15.0 Å². The van der Waals surface area contributed by atoms with Crippen LogP contribution in [-0.4, -0.2) is 49.4 Å². The topological polar surface area (TPSA) is 50.3 Å². The van der Waals surface area contributed by atoms with E-state index in [1.54, 1.807) is 0 Å². The first-order valence-corrected chi connectivity index (χ1v) is 8.21. The van der Waals surface area contributed by atoms with Crippen molar-refractivity contribution in [2.75, 3.05) is 44.3 Å². The molecule has 0 radical (unpaired) electrons. The van der Waals surface area contributed by atoms with E-state index in [9.17, 15) is 0 Å². The second-order valence-corrected chi connectivity index (χ2v) is 6.06. The summed E-state index contributed by atoms with van der Waals surface area (Å²) in [6, 6.07) is 6.31. The van der Waals surface area contributed by atoms with Crippen LogP contribution in [-0.2, 0) is 4.74 Å². The van der Waals surface area contributed by atoms with E-state index in [-0.39, 0.29) is 0 Å². The van der Waals surface area contributed by atoms with Crippen molar-refractivity contribution < 1.29 is 4.74 Å². The van der Waals surface area contributed by atoms with Gasteiger partial charge in [0.1, 0.15) is 5.82 Å². The molecule has 2 aromatic heterocycles. The zero-order valence-electron chi connectivity index (χ0n) is 12.8. The highest BCUT2D eigenvalue weighted by Gasteiger charge is 2.22. The number of aromatic nitrogens is 2. The molecule has 116 valence electrons. The molecule has 2 aliphatic rings. The lowest BCUT2D eigenvalue weighted by Gasteiger charge is -2.30. The predicted octanol–water partition coefficient (Wildman–Crippen LogP) is 1.93. The molecule has 5 heteroatoms. The van der Waals surface area contributed by atoms with Crippen LogP contribution in [0.1, 0.15) is 24.5 Å². The number of nitrogens with zero attached hydrogens (tertiary/aromatic N) is 3. The lowest BCUT2D eigenvalue weighted by Crippen LogP contribution is -2.37. The van der Waals surface area contributed by atoms with Gasteiger partial charge >= 0.3 is 0 Å². The summed E-state index contributed by atoms with van der Waals surface area (Å²) < 4.78 is 5.46. The molecule has 2 fully saturated rings. The quantitative estimate of drug-likeness (QED) is 0.918. The number of hydrogen-bond acceptors (Lipinski definition) is 5. The molecule has 0 spiro atoms. The van der Waals surface area contributed by atoms with Crippen molar-refractivity contribution in [3.05, 3.63) is 30.1 Å². The van der Waals surface area contributed by atoms with Gasteiger partial charge in [0.2, 0.25) is 0 Å². The first-order valence-electron chi connectivity index (χ1n) is 8.21. The summed E-state index contributed by atoms with van der Waals surface area (Å²) in [5, 5.41) is 4.65. The van der Waals surface area contributed by atoms with Crippen LogP contribution >= 0.6 is 0 Å². The Hall–Kier alpha value is -1.72. The predicted molar refractivity (Wildman–Crippen MR) is 87.4 cm³/mol. The van der Waals surface area contributed by atoms with Crippen molar-refractivity contribution in [1.29, 1.82) is 0 Å². The van der Waals surface area contributed by atoms with Crippen molar-refractivity contribution >= 4 is 16.7 Å². The van der Waals surface area contributed by atoms with E-state index in [0.717, 1.165) is 63.6 Å². The maximum Gasteiger partial charge on any atom is 0.131 e. The molecule has 0 saturated carbocycles. The van der Waals surface area contributed by atoms with Gasteiger partial charge in [-0.3, -0.25) is 4.98 Å². The van der Waals surface area contributed by atoms with E-state index in [4.69, 9.17) is 9.72 Å². The minimum Gasteiger partial charge on any atom is -0.378 e.